The van der Waals surface area contributed by atoms with Crippen LogP contribution in [0, 0.1) is 0 Å². The maximum Gasteiger partial charge on any atom is 0.232 e. The molecule has 0 saturated carbocycles. The molecule has 0 radical (unpaired) electrons. The monoisotopic (exact) mass is 302 g/mol. The van der Waals surface area contributed by atoms with Crippen LogP contribution < -0.4 is 15.8 Å². The number of aromatic nitrogens is 1. The Morgan fingerprint density at radius 3 is 2.95 bits per heavy atom. The molecule has 19 heavy (non-hydrogen) atoms. The Morgan fingerprint density at radius 1 is 1.58 bits per heavy atom. The van der Waals surface area contributed by atoms with E-state index in [1.165, 1.54) is 6.20 Å². The summed E-state index contributed by atoms with van der Waals surface area (Å²) in [4.78, 5) is 8.03. The number of pyridine rings is 1. The first-order valence-electron chi connectivity index (χ1n) is 5.61. The molecule has 0 atom stereocenters. The van der Waals surface area contributed by atoms with Crippen LogP contribution in [0.1, 0.15) is 6.92 Å². The minimum atomic E-state index is 0.338. The van der Waals surface area contributed by atoms with E-state index in [-0.39, 0.29) is 0 Å². The fourth-order valence-electron chi connectivity index (χ4n) is 1.11. The highest BCUT2D eigenvalue weighted by molar-refractivity contribution is 6.35. The molecule has 0 aromatic carbocycles. The minimum absolute atomic E-state index is 0.338. The van der Waals surface area contributed by atoms with E-state index in [4.69, 9.17) is 33.7 Å². The molecule has 0 fully saturated rings. The van der Waals surface area contributed by atoms with Gasteiger partial charge < -0.3 is 15.8 Å². The van der Waals surface area contributed by atoms with E-state index >= 15 is 0 Å². The van der Waals surface area contributed by atoms with Crippen molar-refractivity contribution >= 4 is 29.2 Å². The molecule has 0 aliphatic rings. The van der Waals surface area contributed by atoms with E-state index in [9.17, 15) is 0 Å². The number of guanidine groups is 1. The van der Waals surface area contributed by atoms with Crippen molar-refractivity contribution < 1.29 is 4.74 Å². The number of hydrogen-bond acceptors (Lipinski definition) is 3. The van der Waals surface area contributed by atoms with Crippen LogP contribution in [0.2, 0.25) is 10.0 Å². The molecular weight excluding hydrogens is 287 g/mol. The third-order valence-electron chi connectivity index (χ3n) is 1.94. The first-order chi connectivity index (χ1) is 8.99. The number of hydrogen-bond donors (Lipinski definition) is 2. The van der Waals surface area contributed by atoms with Gasteiger partial charge in [-0.25, -0.2) is 9.98 Å². The lowest BCUT2D eigenvalue weighted by molar-refractivity contribution is 0.310. The van der Waals surface area contributed by atoms with Gasteiger partial charge >= 0.3 is 0 Å². The molecule has 1 aromatic heterocycles. The lowest BCUT2D eigenvalue weighted by Gasteiger charge is -2.08. The molecule has 0 aliphatic heterocycles. The van der Waals surface area contributed by atoms with Crippen molar-refractivity contribution in [2.75, 3.05) is 19.7 Å². The molecule has 0 spiro atoms. The van der Waals surface area contributed by atoms with Gasteiger partial charge in [0.1, 0.15) is 11.6 Å². The van der Waals surface area contributed by atoms with Gasteiger partial charge in [-0.3, -0.25) is 0 Å². The van der Waals surface area contributed by atoms with Crippen LogP contribution in [0.4, 0.5) is 0 Å². The number of nitrogens with two attached hydrogens (primary N) is 1. The summed E-state index contributed by atoms with van der Waals surface area (Å²) in [5.41, 5.74) is 6.58. The van der Waals surface area contributed by atoms with E-state index in [1.807, 2.05) is 6.92 Å². The number of nitrogens with one attached hydrogen (secondary N) is 1. The number of nitrogens with zero attached hydrogens (tertiary/aromatic N) is 2. The third-order valence-corrected chi connectivity index (χ3v) is 2.42. The van der Waals surface area contributed by atoms with Crippen LogP contribution in [0.15, 0.2) is 29.4 Å². The SMILES string of the molecule is C=C(C)CN=C(N)NCCOc1ncc(Cl)cc1Cl. The Bertz CT molecular complexity index is 477. The van der Waals surface area contributed by atoms with Gasteiger partial charge in [-0.1, -0.05) is 35.4 Å². The smallest absolute Gasteiger partial charge is 0.232 e. The van der Waals surface area contributed by atoms with E-state index in [1.54, 1.807) is 6.07 Å². The molecule has 1 rings (SSSR count). The zero-order valence-corrected chi connectivity index (χ0v) is 12.1. The standard InChI is InChI=1S/C12H16Cl2N4O/c1-8(2)6-18-12(15)16-3-4-19-11-10(14)5-9(13)7-17-11/h5,7H,1,3-4,6H2,2H3,(H3,15,16,18). The highest BCUT2D eigenvalue weighted by atomic mass is 35.5. The van der Waals surface area contributed by atoms with Crippen molar-refractivity contribution in [2.24, 2.45) is 10.7 Å². The van der Waals surface area contributed by atoms with Crippen molar-refractivity contribution in [2.45, 2.75) is 6.92 Å². The van der Waals surface area contributed by atoms with Gasteiger partial charge in [0.2, 0.25) is 5.88 Å². The first kappa shape index (κ1) is 15.6. The Labute approximate surface area is 122 Å². The Balaban J connectivity index is 2.31. The predicted octanol–water partition coefficient (Wildman–Crippen LogP) is 2.25. The lowest BCUT2D eigenvalue weighted by atomic mass is 10.4. The van der Waals surface area contributed by atoms with Crippen LogP contribution in [-0.2, 0) is 0 Å². The molecule has 7 heteroatoms. The summed E-state index contributed by atoms with van der Waals surface area (Å²) < 4.78 is 5.38. The fraction of sp³-hybridized carbons (Fsp3) is 0.333. The van der Waals surface area contributed by atoms with Crippen molar-refractivity contribution in [1.82, 2.24) is 10.3 Å². The van der Waals surface area contributed by atoms with Gasteiger partial charge in [0.05, 0.1) is 18.1 Å². The Hall–Kier alpha value is -1.46. The number of aliphatic imine (C=N–C) groups is 1. The second kappa shape index (κ2) is 7.86. The largest absolute Gasteiger partial charge is 0.475 e. The summed E-state index contributed by atoms with van der Waals surface area (Å²) in [5.74, 6) is 0.687. The summed E-state index contributed by atoms with van der Waals surface area (Å²) in [5, 5.41) is 3.74. The van der Waals surface area contributed by atoms with E-state index in [2.05, 4.69) is 21.9 Å². The van der Waals surface area contributed by atoms with Crippen molar-refractivity contribution in [3.05, 3.63) is 34.5 Å². The number of rotatable bonds is 6. The molecule has 1 aromatic rings. The Kier molecular flexibility index (Phi) is 6.45. The number of halogens is 2. The van der Waals surface area contributed by atoms with Crippen molar-refractivity contribution in [3.63, 3.8) is 0 Å². The summed E-state index contributed by atoms with van der Waals surface area (Å²) in [6, 6.07) is 1.57. The van der Waals surface area contributed by atoms with Crippen LogP contribution in [0.25, 0.3) is 0 Å². The highest BCUT2D eigenvalue weighted by Crippen LogP contribution is 2.24. The summed E-state index contributed by atoms with van der Waals surface area (Å²) in [6.07, 6.45) is 1.47. The maximum absolute atomic E-state index is 5.91. The van der Waals surface area contributed by atoms with Crippen molar-refractivity contribution in [3.8, 4) is 5.88 Å². The maximum atomic E-state index is 5.91. The predicted molar refractivity (Wildman–Crippen MR) is 79.1 cm³/mol. The lowest BCUT2D eigenvalue weighted by Crippen LogP contribution is -2.35. The molecule has 104 valence electrons. The van der Waals surface area contributed by atoms with Gasteiger partial charge in [-0.15, -0.1) is 0 Å². The summed E-state index contributed by atoms with van der Waals surface area (Å²) in [6.45, 7) is 6.97. The normalized spacial score (nSPS) is 11.2. The molecule has 0 aliphatic carbocycles. The quantitative estimate of drug-likeness (QED) is 0.366. The molecule has 5 nitrogen and oxygen atoms in total. The second-order valence-electron chi connectivity index (χ2n) is 3.87. The van der Waals surface area contributed by atoms with Crippen molar-refractivity contribution in [1.29, 1.82) is 0 Å². The van der Waals surface area contributed by atoms with E-state index in [0.717, 1.165) is 5.57 Å². The average Bonchev–Trinajstić information content (AvgIpc) is 2.34. The van der Waals surface area contributed by atoms with E-state index < -0.39 is 0 Å². The number of ether oxygens (including phenoxy) is 1. The van der Waals surface area contributed by atoms with Gasteiger partial charge in [0.15, 0.2) is 5.96 Å². The molecular formula is C12H16Cl2N4O. The second-order valence-corrected chi connectivity index (χ2v) is 4.72. The molecule has 0 unspecified atom stereocenters. The minimum Gasteiger partial charge on any atom is -0.475 e. The molecule has 0 amide bonds. The third kappa shape index (κ3) is 6.31. The molecule has 3 N–H and O–H groups in total. The average molecular weight is 303 g/mol. The molecule has 0 saturated heterocycles. The summed E-state index contributed by atoms with van der Waals surface area (Å²) in [7, 11) is 0. The van der Waals surface area contributed by atoms with Gasteiger partial charge in [-0.2, -0.15) is 0 Å². The first-order valence-corrected chi connectivity index (χ1v) is 6.36. The molecule has 1 heterocycles. The fourth-order valence-corrected chi connectivity index (χ4v) is 1.55. The zero-order chi connectivity index (χ0) is 14.3. The Morgan fingerprint density at radius 2 is 2.32 bits per heavy atom. The van der Waals surface area contributed by atoms with E-state index in [0.29, 0.717) is 41.6 Å². The highest BCUT2D eigenvalue weighted by Gasteiger charge is 2.03. The topological polar surface area (TPSA) is 72.5 Å². The zero-order valence-electron chi connectivity index (χ0n) is 10.6. The van der Waals surface area contributed by atoms with Gasteiger partial charge in [0, 0.05) is 6.20 Å². The molecule has 0 bridgehead atoms. The van der Waals surface area contributed by atoms with Crippen LogP contribution in [0.5, 0.6) is 5.88 Å². The summed E-state index contributed by atoms with van der Waals surface area (Å²) >= 11 is 11.6. The van der Waals surface area contributed by atoms with Gasteiger partial charge in [-0.05, 0) is 13.0 Å². The van der Waals surface area contributed by atoms with Crippen LogP contribution in [0.3, 0.4) is 0 Å². The van der Waals surface area contributed by atoms with Gasteiger partial charge in [0.25, 0.3) is 0 Å². The van der Waals surface area contributed by atoms with Crippen LogP contribution >= 0.6 is 23.2 Å². The van der Waals surface area contributed by atoms with Crippen LogP contribution in [-0.4, -0.2) is 30.6 Å².